The van der Waals surface area contributed by atoms with Gasteiger partial charge in [-0.1, -0.05) is 39.3 Å². The van der Waals surface area contributed by atoms with Crippen LogP contribution in [0.3, 0.4) is 0 Å². The number of hydrogen-bond donors (Lipinski definition) is 1. The topological polar surface area (TPSA) is 58.6 Å². The number of imide groups is 1. The quantitative estimate of drug-likeness (QED) is 0.438. The maximum absolute atomic E-state index is 12.3. The van der Waals surface area contributed by atoms with E-state index < -0.39 is 0 Å². The van der Waals surface area contributed by atoms with Gasteiger partial charge >= 0.3 is 0 Å². The van der Waals surface area contributed by atoms with Crippen LogP contribution in [0.5, 0.6) is 5.75 Å². The number of methoxy groups -OCH3 is 1. The summed E-state index contributed by atoms with van der Waals surface area (Å²) >= 11 is 0. The van der Waals surface area contributed by atoms with Crippen LogP contribution in [-0.4, -0.2) is 42.5 Å². The molecule has 0 radical (unpaired) electrons. The van der Waals surface area contributed by atoms with Crippen molar-refractivity contribution in [1.29, 1.82) is 0 Å². The van der Waals surface area contributed by atoms with Gasteiger partial charge in [-0.25, -0.2) is 0 Å². The molecule has 1 aliphatic heterocycles. The molecular weight excluding hydrogens is 412 g/mol. The Balaban J connectivity index is 0.00000341. The highest BCUT2D eigenvalue weighted by Crippen LogP contribution is 2.32. The van der Waals surface area contributed by atoms with Crippen molar-refractivity contribution in [2.45, 2.75) is 90.6 Å². The van der Waals surface area contributed by atoms with Gasteiger partial charge in [-0.05, 0) is 61.1 Å². The predicted octanol–water partition coefficient (Wildman–Crippen LogP) is 4.69. The van der Waals surface area contributed by atoms with E-state index >= 15 is 0 Å². The summed E-state index contributed by atoms with van der Waals surface area (Å²) in [4.78, 5) is 26.1. The minimum Gasteiger partial charge on any atom is -0.496 e. The highest BCUT2D eigenvalue weighted by molar-refractivity contribution is 5.98. The number of rotatable bonds is 9. The zero-order valence-electron chi connectivity index (χ0n) is 19.5. The van der Waals surface area contributed by atoms with E-state index in [0.29, 0.717) is 31.5 Å². The first-order valence-electron chi connectivity index (χ1n) is 11.6. The third-order valence-electron chi connectivity index (χ3n) is 6.67. The fraction of sp³-hybridized carbons (Fsp3) is 0.680. The molecule has 1 heterocycles. The van der Waals surface area contributed by atoms with Crippen molar-refractivity contribution in [1.82, 2.24) is 10.2 Å². The Hall–Kier alpha value is -1.59. The molecule has 0 aromatic heterocycles. The van der Waals surface area contributed by atoms with Gasteiger partial charge in [0.1, 0.15) is 5.75 Å². The van der Waals surface area contributed by atoms with E-state index in [9.17, 15) is 9.59 Å². The minimum absolute atomic E-state index is 0. The summed E-state index contributed by atoms with van der Waals surface area (Å²) in [5, 5.41) is 3.86. The molecule has 2 amide bonds. The molecule has 2 aliphatic rings. The highest BCUT2D eigenvalue weighted by atomic mass is 35.5. The molecule has 6 heteroatoms. The smallest absolute Gasteiger partial charge is 0.229 e. The van der Waals surface area contributed by atoms with E-state index in [1.165, 1.54) is 16.0 Å². The standard InChI is InChI=1S/C25H38N2O3.ClH/c1-5-19(10-6-7-14-27-23(28)16-25(2,3)17-24(27)29)26-20-13-12-18-9-8-11-22(30-4)21(18)15-20;/h8-9,11,19-20,26H,5-7,10,12-17H2,1-4H3;1H. The number of likely N-dealkylation sites (tertiary alicyclic amines) is 1. The fourth-order valence-corrected chi connectivity index (χ4v) is 4.95. The van der Waals surface area contributed by atoms with Crippen LogP contribution in [0.25, 0.3) is 0 Å². The van der Waals surface area contributed by atoms with Crippen molar-refractivity contribution in [3.05, 3.63) is 29.3 Å². The lowest BCUT2D eigenvalue weighted by Gasteiger charge is -2.34. The van der Waals surface area contributed by atoms with Crippen LogP contribution in [0.1, 0.15) is 76.8 Å². The fourth-order valence-electron chi connectivity index (χ4n) is 4.95. The van der Waals surface area contributed by atoms with Crippen LogP contribution in [0.15, 0.2) is 18.2 Å². The highest BCUT2D eigenvalue weighted by Gasteiger charge is 2.36. The average molecular weight is 451 g/mol. The van der Waals surface area contributed by atoms with Crippen molar-refractivity contribution in [3.63, 3.8) is 0 Å². The molecule has 2 unspecified atom stereocenters. The van der Waals surface area contributed by atoms with Crippen LogP contribution in [0, 0.1) is 5.41 Å². The van der Waals surface area contributed by atoms with Crippen molar-refractivity contribution in [3.8, 4) is 5.75 Å². The number of benzene rings is 1. The first-order chi connectivity index (χ1) is 14.3. The lowest BCUT2D eigenvalue weighted by Crippen LogP contribution is -2.46. The second-order valence-corrected chi connectivity index (χ2v) is 9.76. The monoisotopic (exact) mass is 450 g/mol. The second kappa shape index (κ2) is 11.3. The van der Waals surface area contributed by atoms with Gasteiger partial charge in [-0.15, -0.1) is 12.4 Å². The van der Waals surface area contributed by atoms with Crippen LogP contribution >= 0.6 is 12.4 Å². The van der Waals surface area contributed by atoms with Crippen LogP contribution in [0.2, 0.25) is 0 Å². The van der Waals surface area contributed by atoms with E-state index in [0.717, 1.165) is 50.7 Å². The number of nitrogens with zero attached hydrogens (tertiary/aromatic N) is 1. The third-order valence-corrected chi connectivity index (χ3v) is 6.67. The number of hydrogen-bond acceptors (Lipinski definition) is 4. The molecule has 1 aromatic carbocycles. The van der Waals surface area contributed by atoms with Gasteiger partial charge < -0.3 is 10.1 Å². The van der Waals surface area contributed by atoms with E-state index in [1.54, 1.807) is 7.11 Å². The number of ether oxygens (including phenoxy) is 1. The van der Waals surface area contributed by atoms with Crippen LogP contribution in [0.4, 0.5) is 0 Å². The lowest BCUT2D eigenvalue weighted by atomic mass is 9.81. The molecule has 1 fully saturated rings. The van der Waals surface area contributed by atoms with Crippen molar-refractivity contribution >= 4 is 24.2 Å². The molecule has 31 heavy (non-hydrogen) atoms. The molecule has 1 aliphatic carbocycles. The van der Waals surface area contributed by atoms with E-state index in [1.807, 2.05) is 13.8 Å². The first kappa shape index (κ1) is 25.7. The molecule has 0 saturated carbocycles. The van der Waals surface area contributed by atoms with Gasteiger partial charge in [-0.2, -0.15) is 0 Å². The number of halogens is 1. The van der Waals surface area contributed by atoms with Crippen molar-refractivity contribution < 1.29 is 14.3 Å². The van der Waals surface area contributed by atoms with E-state index in [-0.39, 0.29) is 29.6 Å². The number of piperidine rings is 1. The first-order valence-corrected chi connectivity index (χ1v) is 11.6. The predicted molar refractivity (Wildman–Crippen MR) is 127 cm³/mol. The maximum atomic E-state index is 12.3. The zero-order valence-corrected chi connectivity index (χ0v) is 20.4. The summed E-state index contributed by atoms with van der Waals surface area (Å²) < 4.78 is 5.57. The average Bonchev–Trinajstić information content (AvgIpc) is 2.70. The molecule has 3 rings (SSSR count). The Morgan fingerprint density at radius 2 is 1.90 bits per heavy atom. The summed E-state index contributed by atoms with van der Waals surface area (Å²) in [6.07, 6.45) is 8.30. The number of carbonyl (C=O) groups is 2. The second-order valence-electron chi connectivity index (χ2n) is 9.76. The van der Waals surface area contributed by atoms with E-state index in [4.69, 9.17) is 4.74 Å². The number of unbranched alkanes of at least 4 members (excludes halogenated alkanes) is 1. The molecule has 0 bridgehead atoms. The van der Waals surface area contributed by atoms with E-state index in [2.05, 4.69) is 30.4 Å². The van der Waals surface area contributed by atoms with Gasteiger partial charge in [0.05, 0.1) is 7.11 Å². The van der Waals surface area contributed by atoms with Gasteiger partial charge in [0.25, 0.3) is 0 Å². The van der Waals surface area contributed by atoms with Gasteiger partial charge in [0, 0.05) is 31.5 Å². The van der Waals surface area contributed by atoms with Gasteiger partial charge in [0.15, 0.2) is 0 Å². The largest absolute Gasteiger partial charge is 0.496 e. The Kier molecular flexibility index (Phi) is 9.38. The third kappa shape index (κ3) is 6.69. The van der Waals surface area contributed by atoms with Crippen molar-refractivity contribution in [2.75, 3.05) is 13.7 Å². The molecule has 1 saturated heterocycles. The minimum atomic E-state index is -0.191. The molecule has 2 atom stereocenters. The zero-order chi connectivity index (χ0) is 21.7. The molecule has 0 spiro atoms. The summed E-state index contributed by atoms with van der Waals surface area (Å²) in [7, 11) is 1.75. The number of aryl methyl sites for hydroxylation is 1. The maximum Gasteiger partial charge on any atom is 0.229 e. The summed E-state index contributed by atoms with van der Waals surface area (Å²) in [5.41, 5.74) is 2.58. The van der Waals surface area contributed by atoms with Crippen LogP contribution < -0.4 is 10.1 Å². The Morgan fingerprint density at radius 3 is 2.55 bits per heavy atom. The summed E-state index contributed by atoms with van der Waals surface area (Å²) in [5.74, 6) is 0.999. The SMILES string of the molecule is CCC(CCCCN1C(=O)CC(C)(C)CC1=O)NC1CCc2cccc(OC)c2C1.Cl. The van der Waals surface area contributed by atoms with Crippen molar-refractivity contribution in [2.24, 2.45) is 5.41 Å². The van der Waals surface area contributed by atoms with Gasteiger partial charge in [0.2, 0.25) is 11.8 Å². The Bertz CT molecular complexity index is 731. The Morgan fingerprint density at radius 1 is 1.19 bits per heavy atom. The summed E-state index contributed by atoms with van der Waals surface area (Å²) in [6.45, 7) is 6.79. The molecule has 174 valence electrons. The molecule has 5 nitrogen and oxygen atoms in total. The molecule has 1 aromatic rings. The molecular formula is C25H39ClN2O3. The number of nitrogens with one attached hydrogen (secondary N) is 1. The van der Waals surface area contributed by atoms with Crippen LogP contribution in [-0.2, 0) is 22.4 Å². The summed E-state index contributed by atoms with van der Waals surface area (Å²) in [6, 6.07) is 7.31. The Labute approximate surface area is 193 Å². The lowest BCUT2D eigenvalue weighted by molar-refractivity contribution is -0.152. The number of fused-ring (bicyclic) bond motifs is 1. The van der Waals surface area contributed by atoms with Gasteiger partial charge in [-0.3, -0.25) is 14.5 Å². The number of amides is 2. The number of carbonyl (C=O) groups excluding carboxylic acids is 2. The normalized spacial score (nSPS) is 21.3. The molecule has 1 N–H and O–H groups in total.